The number of rotatable bonds is 17. The maximum Gasteiger partial charge on any atom is 0.397 e. The Hall–Kier alpha value is -0.153. The first-order valence-corrected chi connectivity index (χ1v) is 15.0. The molecule has 1 aliphatic rings. The van der Waals surface area contributed by atoms with Gasteiger partial charge in [0, 0.05) is 16.1 Å². The largest absolute Gasteiger partial charge is 0.397 e. The maximum atomic E-state index is 11.0. The number of aliphatic hydroxyl groups excluding tert-OH is 3. The number of hydrogen-bond acceptors (Lipinski definition) is 8. The van der Waals surface area contributed by atoms with E-state index in [2.05, 4.69) is 25.3 Å². The molecular formula is C20H44NO9SSi+. The summed E-state index contributed by atoms with van der Waals surface area (Å²) in [6.07, 6.45) is 1.54. The van der Waals surface area contributed by atoms with Crippen molar-refractivity contribution in [2.24, 2.45) is 0 Å². The van der Waals surface area contributed by atoms with Gasteiger partial charge in [-0.25, -0.2) is 4.18 Å². The van der Waals surface area contributed by atoms with Crippen LogP contribution in [0.2, 0.25) is 12.1 Å². The molecule has 0 amide bonds. The molecule has 0 aromatic heterocycles. The van der Waals surface area contributed by atoms with Crippen LogP contribution in [0.1, 0.15) is 44.9 Å². The molecule has 0 saturated carbocycles. The first-order valence-electron chi connectivity index (χ1n) is 11.6. The van der Waals surface area contributed by atoms with Crippen LogP contribution in [-0.2, 0) is 24.1 Å². The molecule has 10 nitrogen and oxygen atoms in total. The molecule has 0 bridgehead atoms. The number of ether oxygens (including phenoxy) is 2. The van der Waals surface area contributed by atoms with Gasteiger partial charge in [-0.2, -0.15) is 8.42 Å². The molecule has 1 fully saturated rings. The van der Waals surface area contributed by atoms with E-state index in [0.717, 1.165) is 10.5 Å². The van der Waals surface area contributed by atoms with E-state index in [9.17, 15) is 23.7 Å². The number of hydrogen-bond donors (Lipinski definition) is 4. The Morgan fingerprint density at radius 2 is 1.53 bits per heavy atom. The summed E-state index contributed by atoms with van der Waals surface area (Å²) in [6, 6.07) is 2.04. The fraction of sp³-hybridized carbons (Fsp3) is 1.00. The molecule has 0 radical (unpaired) electrons. The minimum Gasteiger partial charge on any atom is -0.394 e. The van der Waals surface area contributed by atoms with Crippen LogP contribution in [-0.4, -0.2) is 114 Å². The summed E-state index contributed by atoms with van der Waals surface area (Å²) >= 11 is 0. The van der Waals surface area contributed by atoms with Crippen molar-refractivity contribution in [3.63, 3.8) is 0 Å². The van der Waals surface area contributed by atoms with Crippen molar-refractivity contribution in [2.75, 3.05) is 40.9 Å². The molecule has 0 unspecified atom stereocenters. The SMILES string of the molecule is C[N+](C)(C)CCCCCCCCC[SiH2]CCO[C@@H]1O[C@H](CO)[C@@H](O)[C@H](O)[C@H]1OS(=O)(=O)O. The highest BCUT2D eigenvalue weighted by Gasteiger charge is 2.47. The zero-order valence-electron chi connectivity index (χ0n) is 19.8. The van der Waals surface area contributed by atoms with Crippen molar-refractivity contribution in [3.05, 3.63) is 0 Å². The van der Waals surface area contributed by atoms with Gasteiger partial charge in [-0.05, 0) is 18.9 Å². The van der Waals surface area contributed by atoms with Crippen LogP contribution >= 0.6 is 0 Å². The smallest absolute Gasteiger partial charge is 0.394 e. The molecule has 1 saturated heterocycles. The number of unbranched alkanes of at least 4 members (excludes halogenated alkanes) is 6. The molecule has 0 spiro atoms. The number of quaternary nitrogens is 1. The van der Waals surface area contributed by atoms with Crippen LogP contribution < -0.4 is 0 Å². The highest BCUT2D eigenvalue weighted by atomic mass is 32.3. The molecule has 4 N–H and O–H groups in total. The molecule has 192 valence electrons. The minimum atomic E-state index is -4.89. The standard InChI is InChI=1S/C20H43NO9SSi/c1-21(2,3)11-9-7-5-4-6-8-10-13-32-14-12-28-20-19(30-31(25,26)27)18(24)17(23)16(15-22)29-20/h16-20,22-24H,4-15,32H2,1-3H3/p+1/t16-,17-,18+,19-,20-/m1/s1. The lowest BCUT2D eigenvalue weighted by Crippen LogP contribution is -2.60. The van der Waals surface area contributed by atoms with Crippen LogP contribution in [0.4, 0.5) is 0 Å². The topological polar surface area (TPSA) is 143 Å². The summed E-state index contributed by atoms with van der Waals surface area (Å²) in [7, 11) is 1.44. The van der Waals surface area contributed by atoms with E-state index in [-0.39, 0.29) is 16.1 Å². The summed E-state index contributed by atoms with van der Waals surface area (Å²) < 4.78 is 47.3. The van der Waals surface area contributed by atoms with Gasteiger partial charge >= 0.3 is 10.4 Å². The number of aliphatic hydroxyl groups is 3. The summed E-state index contributed by atoms with van der Waals surface area (Å²) in [5.41, 5.74) is 0. The lowest BCUT2D eigenvalue weighted by Gasteiger charge is -2.40. The Bertz CT molecular complexity index is 602. The average Bonchev–Trinajstić information content (AvgIpc) is 2.68. The van der Waals surface area contributed by atoms with E-state index in [4.69, 9.17) is 14.0 Å². The normalized spacial score (nSPS) is 27.4. The van der Waals surface area contributed by atoms with Crippen molar-refractivity contribution in [1.29, 1.82) is 0 Å². The van der Waals surface area contributed by atoms with Crippen molar-refractivity contribution >= 4 is 19.9 Å². The van der Waals surface area contributed by atoms with Gasteiger partial charge in [0.15, 0.2) is 12.4 Å². The third kappa shape index (κ3) is 12.9. The number of nitrogens with zero attached hydrogens (tertiary/aromatic N) is 1. The monoisotopic (exact) mass is 502 g/mol. The third-order valence-corrected chi connectivity index (χ3v) is 7.82. The van der Waals surface area contributed by atoms with Gasteiger partial charge in [0.2, 0.25) is 0 Å². The zero-order valence-corrected chi connectivity index (χ0v) is 22.0. The van der Waals surface area contributed by atoms with Crippen LogP contribution in [0.25, 0.3) is 0 Å². The second-order valence-electron chi connectivity index (χ2n) is 9.62. The van der Waals surface area contributed by atoms with Gasteiger partial charge in [-0.15, -0.1) is 0 Å². The molecule has 0 aromatic rings. The van der Waals surface area contributed by atoms with Gasteiger partial charge in [0.05, 0.1) is 34.3 Å². The average molecular weight is 503 g/mol. The molecule has 1 heterocycles. The maximum absolute atomic E-state index is 11.0. The van der Waals surface area contributed by atoms with Gasteiger partial charge in [0.1, 0.15) is 18.3 Å². The molecule has 32 heavy (non-hydrogen) atoms. The highest BCUT2D eigenvalue weighted by molar-refractivity contribution is 7.80. The van der Waals surface area contributed by atoms with E-state index in [1.54, 1.807) is 0 Å². The Labute approximate surface area is 195 Å². The molecule has 0 aliphatic carbocycles. The second-order valence-corrected chi connectivity index (χ2v) is 12.8. The van der Waals surface area contributed by atoms with Crippen molar-refractivity contribution in [3.8, 4) is 0 Å². The van der Waals surface area contributed by atoms with Gasteiger partial charge in [0.25, 0.3) is 0 Å². The molecular weight excluding hydrogens is 458 g/mol. The molecule has 5 atom stereocenters. The molecule has 1 rings (SSSR count). The first-order chi connectivity index (χ1) is 14.9. The van der Waals surface area contributed by atoms with Gasteiger partial charge < -0.3 is 29.3 Å². The summed E-state index contributed by atoms with van der Waals surface area (Å²) in [5, 5.41) is 29.2. The van der Waals surface area contributed by atoms with Crippen molar-refractivity contribution < 1.29 is 46.4 Å². The predicted molar refractivity (Wildman–Crippen MR) is 124 cm³/mol. The molecule has 0 aromatic carbocycles. The summed E-state index contributed by atoms with van der Waals surface area (Å²) in [5.74, 6) is 0. The fourth-order valence-electron chi connectivity index (χ4n) is 3.74. The van der Waals surface area contributed by atoms with E-state index in [1.165, 1.54) is 57.5 Å². The van der Waals surface area contributed by atoms with E-state index >= 15 is 0 Å². The molecule has 1 aliphatic heterocycles. The fourth-order valence-corrected chi connectivity index (χ4v) is 5.65. The zero-order chi connectivity index (χ0) is 24.2. The van der Waals surface area contributed by atoms with Crippen LogP contribution in [0.15, 0.2) is 0 Å². The van der Waals surface area contributed by atoms with Gasteiger partial charge in [-0.1, -0.05) is 38.1 Å². The van der Waals surface area contributed by atoms with E-state index in [0.29, 0.717) is 0 Å². The Balaban J connectivity index is 2.17. The van der Waals surface area contributed by atoms with Crippen LogP contribution in [0.5, 0.6) is 0 Å². The lowest BCUT2D eigenvalue weighted by molar-refractivity contribution is -0.870. The summed E-state index contributed by atoms with van der Waals surface area (Å²) in [6.45, 7) is 0.930. The lowest BCUT2D eigenvalue weighted by atomic mass is 9.99. The van der Waals surface area contributed by atoms with E-state index < -0.39 is 47.7 Å². The minimum absolute atomic E-state index is 0.287. The van der Waals surface area contributed by atoms with E-state index in [1.807, 2.05) is 0 Å². The Morgan fingerprint density at radius 1 is 0.938 bits per heavy atom. The van der Waals surface area contributed by atoms with Crippen LogP contribution in [0, 0.1) is 0 Å². The van der Waals surface area contributed by atoms with Crippen LogP contribution in [0.3, 0.4) is 0 Å². The highest BCUT2D eigenvalue weighted by Crippen LogP contribution is 2.25. The van der Waals surface area contributed by atoms with Crippen molar-refractivity contribution in [1.82, 2.24) is 0 Å². The quantitative estimate of drug-likeness (QED) is 0.0940. The van der Waals surface area contributed by atoms with Gasteiger partial charge in [-0.3, -0.25) is 4.55 Å². The van der Waals surface area contributed by atoms with Crippen molar-refractivity contribution in [2.45, 2.75) is 87.7 Å². The Morgan fingerprint density at radius 3 is 2.09 bits per heavy atom. The predicted octanol–water partition coefficient (Wildman–Crippen LogP) is 0.0723. The molecule has 12 heteroatoms. The first kappa shape index (κ1) is 29.9. The Kier molecular flexibility index (Phi) is 14.0. The second kappa shape index (κ2) is 15.0. The third-order valence-electron chi connectivity index (χ3n) is 5.56. The summed E-state index contributed by atoms with van der Waals surface area (Å²) in [4.78, 5) is 0.